The highest BCUT2D eigenvalue weighted by Crippen LogP contribution is 2.29. The topological polar surface area (TPSA) is 140 Å². The lowest BCUT2D eigenvalue weighted by atomic mass is 9.82. The van der Waals surface area contributed by atoms with E-state index in [2.05, 4.69) is 22.5 Å². The third-order valence-electron chi connectivity index (χ3n) is 7.83. The second-order valence-electron chi connectivity index (χ2n) is 13.6. The molecule has 0 radical (unpaired) electrons. The quantitative estimate of drug-likeness (QED) is 0.140. The number of carbonyl (C=O) groups is 3. The van der Waals surface area contributed by atoms with Gasteiger partial charge in [-0.2, -0.15) is 0 Å². The summed E-state index contributed by atoms with van der Waals surface area (Å²) in [7, 11) is 1.68. The molecule has 1 aliphatic rings. The molecule has 1 fully saturated rings. The van der Waals surface area contributed by atoms with Crippen molar-refractivity contribution in [2.45, 2.75) is 122 Å². The van der Waals surface area contributed by atoms with Crippen molar-refractivity contribution in [1.82, 2.24) is 20.9 Å². The van der Waals surface area contributed by atoms with Crippen LogP contribution in [0.2, 0.25) is 0 Å². The summed E-state index contributed by atoms with van der Waals surface area (Å²) in [4.78, 5) is 41.9. The lowest BCUT2D eigenvalue weighted by Crippen LogP contribution is -2.62. The van der Waals surface area contributed by atoms with E-state index in [1.165, 1.54) is 6.42 Å². The number of aliphatic hydroxyl groups is 2. The van der Waals surface area contributed by atoms with Crippen LogP contribution in [0.15, 0.2) is 43.0 Å². The Morgan fingerprint density at radius 3 is 2.23 bits per heavy atom. The third-order valence-corrected chi connectivity index (χ3v) is 7.83. The normalized spacial score (nSPS) is 17.7. The fourth-order valence-electron chi connectivity index (χ4n) is 5.65. The molecule has 248 valence electrons. The van der Waals surface area contributed by atoms with Crippen LogP contribution in [0.3, 0.4) is 0 Å². The molecular formula is C34H56N4O6. The number of ether oxygens (including phenoxy) is 1. The van der Waals surface area contributed by atoms with E-state index in [0.29, 0.717) is 18.8 Å². The highest BCUT2D eigenvalue weighted by molar-refractivity contribution is 5.91. The van der Waals surface area contributed by atoms with Gasteiger partial charge in [0.05, 0.1) is 12.1 Å². The molecule has 0 bridgehead atoms. The van der Waals surface area contributed by atoms with Crippen molar-refractivity contribution in [2.75, 3.05) is 13.6 Å². The van der Waals surface area contributed by atoms with Gasteiger partial charge in [0.2, 0.25) is 5.91 Å². The van der Waals surface area contributed by atoms with Crippen LogP contribution in [0, 0.1) is 11.8 Å². The van der Waals surface area contributed by atoms with Gasteiger partial charge in [0.15, 0.2) is 6.17 Å². The smallest absolute Gasteiger partial charge is 0.408 e. The van der Waals surface area contributed by atoms with Gasteiger partial charge in [0.1, 0.15) is 17.7 Å². The first-order valence-electron chi connectivity index (χ1n) is 16.0. The van der Waals surface area contributed by atoms with E-state index in [0.717, 1.165) is 31.2 Å². The third kappa shape index (κ3) is 13.4. The number of rotatable bonds is 16. The number of carbonyl (C=O) groups excluding carboxylic acids is 3. The lowest BCUT2D eigenvalue weighted by molar-refractivity contribution is -0.135. The van der Waals surface area contributed by atoms with Crippen molar-refractivity contribution in [2.24, 2.45) is 11.8 Å². The van der Waals surface area contributed by atoms with Crippen molar-refractivity contribution >= 4 is 17.9 Å². The van der Waals surface area contributed by atoms with Gasteiger partial charge in [0.25, 0.3) is 5.91 Å². The summed E-state index contributed by atoms with van der Waals surface area (Å²) in [6.45, 7) is 13.2. The second-order valence-corrected chi connectivity index (χ2v) is 13.6. The molecule has 0 spiro atoms. The number of hydrogen-bond acceptors (Lipinski definition) is 7. The molecule has 0 heterocycles. The maximum atomic E-state index is 13.9. The maximum Gasteiger partial charge on any atom is 0.408 e. The molecule has 5 N–H and O–H groups in total. The fourth-order valence-corrected chi connectivity index (χ4v) is 5.65. The number of alkyl carbamates (subject to hydrolysis) is 1. The summed E-state index contributed by atoms with van der Waals surface area (Å²) in [5.74, 6) is -0.604. The molecule has 0 saturated heterocycles. The summed E-state index contributed by atoms with van der Waals surface area (Å²) in [5.41, 5.74) is 0.0534. The first-order valence-corrected chi connectivity index (χ1v) is 16.0. The number of aliphatic hydroxyl groups excluding tert-OH is 2. The van der Waals surface area contributed by atoms with E-state index in [1.54, 1.807) is 38.8 Å². The van der Waals surface area contributed by atoms with E-state index in [1.807, 2.05) is 44.2 Å². The van der Waals surface area contributed by atoms with Gasteiger partial charge in [-0.05, 0) is 58.1 Å². The number of amides is 3. The number of likely N-dealkylation sites (N-methyl/N-ethyl adjacent to an activating group) is 1. The first-order chi connectivity index (χ1) is 20.7. The largest absolute Gasteiger partial charge is 0.444 e. The SMILES string of the molecule is C=CCN(C)[C@H](NC(=O)[C@H](Cc1ccccc1)NC(=O)OC(C)(C)C)C(=O)N[C@@H](CC1CCCCC1)[C@@H](O)[C@@H](O)CC(C)C. The Balaban J connectivity index is 2.30. The average molecular weight is 617 g/mol. The van der Waals surface area contributed by atoms with Crippen LogP contribution in [0.5, 0.6) is 0 Å². The maximum absolute atomic E-state index is 13.9. The van der Waals surface area contributed by atoms with E-state index in [9.17, 15) is 24.6 Å². The minimum atomic E-state index is -1.16. The van der Waals surface area contributed by atoms with Crippen molar-refractivity contribution in [3.63, 3.8) is 0 Å². The minimum Gasteiger partial charge on any atom is -0.444 e. The Morgan fingerprint density at radius 1 is 1.02 bits per heavy atom. The van der Waals surface area contributed by atoms with Crippen LogP contribution in [0.4, 0.5) is 4.79 Å². The van der Waals surface area contributed by atoms with Gasteiger partial charge in [-0.15, -0.1) is 6.58 Å². The molecule has 5 atom stereocenters. The molecule has 1 aromatic carbocycles. The standard InChI is InChI=1S/C34H56N4O6/c1-8-19-38(7)30(32(42)35-26(21-24-15-11-9-12-16-24)29(40)28(39)20-23(2)3)37-31(41)27(22-25-17-13-10-14-18-25)36-33(43)44-34(4,5)6/h8,10,13-14,17-18,23-24,26-30,39-40H,1,9,11-12,15-16,19-22H2,2-7H3,(H,35,42)(H,36,43)(H,37,41)/t26-,27-,28-,29+,30-/m0/s1. The van der Waals surface area contributed by atoms with Gasteiger partial charge in [-0.25, -0.2) is 4.79 Å². The molecular weight excluding hydrogens is 560 g/mol. The molecule has 0 unspecified atom stereocenters. The molecule has 10 nitrogen and oxygen atoms in total. The van der Waals surface area contributed by atoms with Crippen LogP contribution in [-0.2, 0) is 20.7 Å². The highest BCUT2D eigenvalue weighted by Gasteiger charge is 2.35. The second kappa shape index (κ2) is 18.1. The van der Waals surface area contributed by atoms with Crippen molar-refractivity contribution < 1.29 is 29.3 Å². The predicted molar refractivity (Wildman–Crippen MR) is 173 cm³/mol. The van der Waals surface area contributed by atoms with E-state index >= 15 is 0 Å². The van der Waals surface area contributed by atoms with Gasteiger partial charge in [0, 0.05) is 13.0 Å². The Bertz CT molecular complexity index is 1040. The van der Waals surface area contributed by atoms with Crippen LogP contribution in [0.25, 0.3) is 0 Å². The van der Waals surface area contributed by atoms with Crippen molar-refractivity contribution in [1.29, 1.82) is 0 Å². The van der Waals surface area contributed by atoms with Crippen molar-refractivity contribution in [3.05, 3.63) is 48.6 Å². The molecule has 1 saturated carbocycles. The van der Waals surface area contributed by atoms with Gasteiger partial charge in [-0.1, -0.05) is 82.4 Å². The summed E-state index contributed by atoms with van der Waals surface area (Å²) in [6, 6.07) is 7.53. The van der Waals surface area contributed by atoms with E-state index in [4.69, 9.17) is 4.74 Å². The number of nitrogens with zero attached hydrogens (tertiary/aromatic N) is 1. The highest BCUT2D eigenvalue weighted by atomic mass is 16.6. The Labute approximate surface area is 264 Å². The Kier molecular flexibility index (Phi) is 15.3. The lowest BCUT2D eigenvalue weighted by Gasteiger charge is -2.35. The Hall–Kier alpha value is -2.95. The number of nitrogens with one attached hydrogen (secondary N) is 3. The molecule has 1 aliphatic carbocycles. The van der Waals surface area contributed by atoms with Gasteiger partial charge >= 0.3 is 6.09 Å². The summed E-state index contributed by atoms with van der Waals surface area (Å²) in [5, 5.41) is 30.5. The molecule has 0 aromatic heterocycles. The monoisotopic (exact) mass is 616 g/mol. The van der Waals surface area contributed by atoms with Gasteiger partial charge in [-0.3, -0.25) is 14.5 Å². The predicted octanol–water partition coefficient (Wildman–Crippen LogP) is 3.91. The summed E-state index contributed by atoms with van der Waals surface area (Å²) >= 11 is 0. The molecule has 10 heteroatoms. The molecule has 0 aliphatic heterocycles. The zero-order chi connectivity index (χ0) is 32.9. The summed E-state index contributed by atoms with van der Waals surface area (Å²) < 4.78 is 5.41. The number of benzene rings is 1. The fraction of sp³-hybridized carbons (Fsp3) is 0.676. The molecule has 2 rings (SSSR count). The molecule has 1 aromatic rings. The molecule has 3 amide bonds. The number of hydrogen-bond donors (Lipinski definition) is 5. The van der Waals surface area contributed by atoms with Gasteiger partial charge < -0.3 is 30.9 Å². The first kappa shape index (κ1) is 37.2. The van der Waals surface area contributed by atoms with Crippen LogP contribution in [-0.4, -0.2) is 82.7 Å². The van der Waals surface area contributed by atoms with Crippen LogP contribution >= 0.6 is 0 Å². The summed E-state index contributed by atoms with van der Waals surface area (Å²) in [6.07, 6.45) is 4.07. The van der Waals surface area contributed by atoms with Crippen LogP contribution < -0.4 is 16.0 Å². The zero-order valence-electron chi connectivity index (χ0n) is 27.6. The van der Waals surface area contributed by atoms with E-state index in [-0.39, 0.29) is 18.9 Å². The zero-order valence-corrected chi connectivity index (χ0v) is 27.6. The molecule has 44 heavy (non-hydrogen) atoms. The van der Waals surface area contributed by atoms with Crippen LogP contribution in [0.1, 0.15) is 85.1 Å². The minimum absolute atomic E-state index is 0.162. The Morgan fingerprint density at radius 2 is 1.66 bits per heavy atom. The van der Waals surface area contributed by atoms with Crippen molar-refractivity contribution in [3.8, 4) is 0 Å². The van der Waals surface area contributed by atoms with E-state index < -0.39 is 54.0 Å². The average Bonchev–Trinajstić information content (AvgIpc) is 2.94.